The first-order chi connectivity index (χ1) is 16.1. The van der Waals surface area contributed by atoms with Crippen LogP contribution in [0.5, 0.6) is 11.5 Å². The molecule has 1 aromatic heterocycles. The van der Waals surface area contributed by atoms with Crippen molar-refractivity contribution in [2.24, 2.45) is 0 Å². The second-order valence-electron chi connectivity index (χ2n) is 7.97. The highest BCUT2D eigenvalue weighted by Crippen LogP contribution is 2.28. The number of methoxy groups -OCH3 is 2. The van der Waals surface area contributed by atoms with Crippen LogP contribution in [0.25, 0.3) is 10.9 Å². The molecule has 0 aliphatic carbocycles. The van der Waals surface area contributed by atoms with Crippen molar-refractivity contribution in [2.75, 3.05) is 26.1 Å². The molecule has 0 aliphatic rings. The highest BCUT2D eigenvalue weighted by Gasteiger charge is 2.17. The first-order valence-corrected chi connectivity index (χ1v) is 11.0. The Morgan fingerprint density at radius 1 is 0.970 bits per heavy atom. The van der Waals surface area contributed by atoms with Crippen molar-refractivity contribution < 1.29 is 14.3 Å². The van der Waals surface area contributed by atoms with Crippen LogP contribution >= 0.6 is 0 Å². The van der Waals surface area contributed by atoms with Crippen LogP contribution in [0, 0.1) is 6.92 Å². The SMILES string of the molecule is COc1ccc(CN(CCc2c[nH]c3ccccc23)C(=O)Nc2ccccc2C)cc1OC. The number of carbonyl (C=O) groups excluding carboxylic acids is 1. The van der Waals surface area contributed by atoms with Gasteiger partial charge in [0.2, 0.25) is 0 Å². The summed E-state index contributed by atoms with van der Waals surface area (Å²) in [5.74, 6) is 1.31. The van der Waals surface area contributed by atoms with Crippen LogP contribution in [-0.4, -0.2) is 36.7 Å². The molecular weight excluding hydrogens is 414 g/mol. The number of H-pyrrole nitrogens is 1. The molecule has 4 rings (SSSR count). The molecule has 1 heterocycles. The molecule has 33 heavy (non-hydrogen) atoms. The van der Waals surface area contributed by atoms with Gasteiger partial charge in [-0.15, -0.1) is 0 Å². The van der Waals surface area contributed by atoms with Crippen molar-refractivity contribution in [3.63, 3.8) is 0 Å². The number of nitrogens with zero attached hydrogens (tertiary/aromatic N) is 1. The molecule has 0 spiro atoms. The predicted octanol–water partition coefficient (Wildman–Crippen LogP) is 5.77. The van der Waals surface area contributed by atoms with Crippen molar-refractivity contribution in [3.8, 4) is 11.5 Å². The summed E-state index contributed by atoms with van der Waals surface area (Å²) in [6.07, 6.45) is 2.76. The fraction of sp³-hybridized carbons (Fsp3) is 0.222. The van der Waals surface area contributed by atoms with Gasteiger partial charge in [0.15, 0.2) is 11.5 Å². The van der Waals surface area contributed by atoms with Crippen LogP contribution in [0.4, 0.5) is 10.5 Å². The molecule has 0 unspecified atom stereocenters. The van der Waals surface area contributed by atoms with E-state index in [1.165, 1.54) is 10.9 Å². The number of fused-ring (bicyclic) bond motifs is 1. The average Bonchev–Trinajstić information content (AvgIpc) is 3.26. The summed E-state index contributed by atoms with van der Waals surface area (Å²) in [5.41, 5.74) is 5.09. The van der Waals surface area contributed by atoms with E-state index in [4.69, 9.17) is 9.47 Å². The summed E-state index contributed by atoms with van der Waals surface area (Å²) in [4.78, 5) is 18.5. The molecule has 0 saturated heterocycles. The summed E-state index contributed by atoms with van der Waals surface area (Å²) in [6.45, 7) is 2.99. The second-order valence-corrected chi connectivity index (χ2v) is 7.97. The van der Waals surface area contributed by atoms with Crippen LogP contribution in [0.3, 0.4) is 0 Å². The van der Waals surface area contributed by atoms with Gasteiger partial charge in [-0.05, 0) is 54.3 Å². The zero-order valence-corrected chi connectivity index (χ0v) is 19.2. The number of aromatic amines is 1. The van der Waals surface area contributed by atoms with Gasteiger partial charge >= 0.3 is 6.03 Å². The van der Waals surface area contributed by atoms with E-state index in [1.54, 1.807) is 14.2 Å². The van der Waals surface area contributed by atoms with Gasteiger partial charge in [-0.25, -0.2) is 4.79 Å². The topological polar surface area (TPSA) is 66.6 Å². The third-order valence-electron chi connectivity index (χ3n) is 5.82. The van der Waals surface area contributed by atoms with E-state index in [2.05, 4.69) is 22.4 Å². The van der Waals surface area contributed by atoms with Crippen molar-refractivity contribution in [3.05, 3.63) is 89.6 Å². The normalized spacial score (nSPS) is 10.8. The minimum atomic E-state index is -0.140. The minimum absolute atomic E-state index is 0.140. The number of ether oxygens (including phenoxy) is 2. The van der Waals surface area contributed by atoms with Gasteiger partial charge in [0, 0.05) is 35.9 Å². The number of benzene rings is 3. The molecule has 0 radical (unpaired) electrons. The Kier molecular flexibility index (Phi) is 6.83. The number of aryl methyl sites for hydroxylation is 1. The van der Waals surface area contributed by atoms with Crippen LogP contribution in [-0.2, 0) is 13.0 Å². The van der Waals surface area contributed by atoms with E-state index < -0.39 is 0 Å². The molecule has 0 bridgehead atoms. The predicted molar refractivity (Wildman–Crippen MR) is 132 cm³/mol. The molecule has 3 aromatic carbocycles. The summed E-state index contributed by atoms with van der Waals surface area (Å²) in [7, 11) is 3.22. The Labute approximate surface area is 194 Å². The summed E-state index contributed by atoms with van der Waals surface area (Å²) >= 11 is 0. The smallest absolute Gasteiger partial charge is 0.322 e. The van der Waals surface area contributed by atoms with Gasteiger partial charge in [0.1, 0.15) is 0 Å². The van der Waals surface area contributed by atoms with E-state index in [1.807, 2.05) is 72.6 Å². The lowest BCUT2D eigenvalue weighted by atomic mass is 10.1. The van der Waals surface area contributed by atoms with E-state index in [-0.39, 0.29) is 6.03 Å². The van der Waals surface area contributed by atoms with E-state index in [0.717, 1.165) is 28.8 Å². The molecule has 2 N–H and O–H groups in total. The van der Waals surface area contributed by atoms with Crippen molar-refractivity contribution in [1.82, 2.24) is 9.88 Å². The molecule has 4 aromatic rings. The van der Waals surface area contributed by atoms with Gasteiger partial charge in [0.25, 0.3) is 0 Å². The number of hydrogen-bond donors (Lipinski definition) is 2. The van der Waals surface area contributed by atoms with Crippen LogP contribution in [0.15, 0.2) is 72.9 Å². The quantitative estimate of drug-likeness (QED) is 0.363. The Morgan fingerprint density at radius 2 is 1.73 bits per heavy atom. The Morgan fingerprint density at radius 3 is 2.52 bits per heavy atom. The lowest BCUT2D eigenvalue weighted by molar-refractivity contribution is 0.209. The number of nitrogens with one attached hydrogen (secondary N) is 2. The van der Waals surface area contributed by atoms with Crippen molar-refractivity contribution in [2.45, 2.75) is 19.9 Å². The lowest BCUT2D eigenvalue weighted by Crippen LogP contribution is -2.36. The lowest BCUT2D eigenvalue weighted by Gasteiger charge is -2.24. The number of para-hydroxylation sites is 2. The Hall–Kier alpha value is -3.93. The number of aromatic nitrogens is 1. The monoisotopic (exact) mass is 443 g/mol. The maximum absolute atomic E-state index is 13.3. The molecule has 170 valence electrons. The maximum Gasteiger partial charge on any atom is 0.322 e. The second kappa shape index (κ2) is 10.1. The van der Waals surface area contributed by atoms with E-state index in [9.17, 15) is 4.79 Å². The number of carbonyl (C=O) groups is 1. The van der Waals surface area contributed by atoms with E-state index >= 15 is 0 Å². The van der Waals surface area contributed by atoms with Crippen LogP contribution in [0.2, 0.25) is 0 Å². The zero-order chi connectivity index (χ0) is 23.2. The maximum atomic E-state index is 13.3. The number of anilines is 1. The molecule has 6 heteroatoms. The van der Waals surface area contributed by atoms with Gasteiger partial charge in [-0.1, -0.05) is 42.5 Å². The Bertz CT molecular complexity index is 1250. The molecule has 0 atom stereocenters. The zero-order valence-electron chi connectivity index (χ0n) is 19.2. The Balaban J connectivity index is 1.57. The number of rotatable bonds is 8. The fourth-order valence-corrected chi connectivity index (χ4v) is 3.95. The van der Waals surface area contributed by atoms with Gasteiger partial charge in [-0.2, -0.15) is 0 Å². The molecule has 2 amide bonds. The van der Waals surface area contributed by atoms with Crippen molar-refractivity contribution in [1.29, 1.82) is 0 Å². The highest BCUT2D eigenvalue weighted by atomic mass is 16.5. The van der Waals surface area contributed by atoms with Crippen LogP contribution < -0.4 is 14.8 Å². The number of amides is 2. The van der Waals surface area contributed by atoms with Gasteiger partial charge in [-0.3, -0.25) is 0 Å². The molecular formula is C27H29N3O3. The standard InChI is InChI=1S/C27H29N3O3/c1-19-8-4-6-10-23(19)29-27(31)30(18-20-12-13-25(32-2)26(16-20)33-3)15-14-21-17-28-24-11-7-5-9-22(21)24/h4-13,16-17,28H,14-15,18H2,1-3H3,(H,29,31). The summed E-state index contributed by atoms with van der Waals surface area (Å²) in [5, 5.41) is 4.26. The highest BCUT2D eigenvalue weighted by molar-refractivity contribution is 5.90. The third-order valence-corrected chi connectivity index (χ3v) is 5.82. The molecule has 0 fully saturated rings. The number of urea groups is 1. The molecule has 0 saturated carbocycles. The fourth-order valence-electron chi connectivity index (χ4n) is 3.95. The summed E-state index contributed by atoms with van der Waals surface area (Å²) < 4.78 is 10.8. The minimum Gasteiger partial charge on any atom is -0.493 e. The van der Waals surface area contributed by atoms with Gasteiger partial charge in [0.05, 0.1) is 14.2 Å². The number of hydrogen-bond acceptors (Lipinski definition) is 3. The third kappa shape index (κ3) is 5.12. The largest absolute Gasteiger partial charge is 0.493 e. The van der Waals surface area contributed by atoms with E-state index in [0.29, 0.717) is 24.6 Å². The average molecular weight is 444 g/mol. The first kappa shape index (κ1) is 22.3. The van der Waals surface area contributed by atoms with Gasteiger partial charge < -0.3 is 24.7 Å². The summed E-state index contributed by atoms with van der Waals surface area (Å²) in [6, 6.07) is 21.6. The first-order valence-electron chi connectivity index (χ1n) is 11.0. The molecule has 0 aliphatic heterocycles. The molecule has 6 nitrogen and oxygen atoms in total. The van der Waals surface area contributed by atoms with Crippen LogP contribution in [0.1, 0.15) is 16.7 Å². The van der Waals surface area contributed by atoms with Crippen molar-refractivity contribution >= 4 is 22.6 Å².